The van der Waals surface area contributed by atoms with E-state index in [-0.39, 0.29) is 0 Å². The maximum Gasteiger partial charge on any atom is 0.215 e. The SMILES string of the molecule is Cc1ccc(/C=N/P(C)(=O)c2ccccc2)cc1. The molecule has 0 aliphatic heterocycles. The Balaban J connectivity index is 2.23. The second kappa shape index (κ2) is 5.32. The zero-order chi connectivity index (χ0) is 13.0. The Morgan fingerprint density at radius 3 is 2.22 bits per heavy atom. The maximum atomic E-state index is 12.5. The lowest BCUT2D eigenvalue weighted by atomic mass is 10.2. The molecule has 0 aromatic heterocycles. The maximum absolute atomic E-state index is 12.5. The third-order valence-corrected chi connectivity index (χ3v) is 4.55. The largest absolute Gasteiger partial charge is 0.294 e. The van der Waals surface area contributed by atoms with Crippen molar-refractivity contribution in [3.05, 3.63) is 65.7 Å². The van der Waals surface area contributed by atoms with Gasteiger partial charge in [-0.15, -0.1) is 0 Å². The Hall–Kier alpha value is -1.66. The van der Waals surface area contributed by atoms with Crippen molar-refractivity contribution in [3.63, 3.8) is 0 Å². The Morgan fingerprint density at radius 1 is 1.00 bits per heavy atom. The van der Waals surface area contributed by atoms with Gasteiger partial charge in [-0.1, -0.05) is 48.0 Å². The molecule has 0 radical (unpaired) electrons. The van der Waals surface area contributed by atoms with E-state index in [9.17, 15) is 4.57 Å². The van der Waals surface area contributed by atoms with Gasteiger partial charge in [0.25, 0.3) is 0 Å². The quantitative estimate of drug-likeness (QED) is 0.609. The molecule has 2 aromatic carbocycles. The summed E-state index contributed by atoms with van der Waals surface area (Å²) in [6.07, 6.45) is 1.69. The number of aryl methyl sites for hydroxylation is 1. The fourth-order valence-electron chi connectivity index (χ4n) is 1.60. The molecular weight excluding hydrogens is 241 g/mol. The molecule has 0 N–H and O–H groups in total. The standard InChI is InChI=1S/C15H16NOP/c1-13-8-10-14(11-9-13)12-16-18(2,17)15-6-4-3-5-7-15/h3-12H,1-2H3/b16-12+. The average molecular weight is 257 g/mol. The van der Waals surface area contributed by atoms with Crippen molar-refractivity contribution in [2.75, 3.05) is 6.66 Å². The van der Waals surface area contributed by atoms with Crippen LogP contribution in [0.15, 0.2) is 59.4 Å². The third-order valence-electron chi connectivity index (χ3n) is 2.74. The van der Waals surface area contributed by atoms with Crippen molar-refractivity contribution in [2.24, 2.45) is 4.76 Å². The molecule has 1 atom stereocenters. The van der Waals surface area contributed by atoms with E-state index in [2.05, 4.69) is 4.76 Å². The zero-order valence-electron chi connectivity index (χ0n) is 10.6. The van der Waals surface area contributed by atoms with Crippen LogP contribution >= 0.6 is 7.29 Å². The van der Waals surface area contributed by atoms with Gasteiger partial charge in [0.2, 0.25) is 7.29 Å². The summed E-state index contributed by atoms with van der Waals surface area (Å²) in [6.45, 7) is 3.72. The summed E-state index contributed by atoms with van der Waals surface area (Å²) in [6, 6.07) is 17.4. The number of hydrogen-bond acceptors (Lipinski definition) is 1. The van der Waals surface area contributed by atoms with Gasteiger partial charge in [0, 0.05) is 18.2 Å². The monoisotopic (exact) mass is 257 g/mol. The molecule has 0 aliphatic rings. The summed E-state index contributed by atoms with van der Waals surface area (Å²) in [5.74, 6) is 0. The van der Waals surface area contributed by atoms with E-state index in [0.29, 0.717) is 0 Å². The van der Waals surface area contributed by atoms with E-state index in [0.717, 1.165) is 10.9 Å². The number of benzene rings is 2. The Labute approximate surface area is 108 Å². The van der Waals surface area contributed by atoms with E-state index >= 15 is 0 Å². The molecule has 1 unspecified atom stereocenters. The van der Waals surface area contributed by atoms with Crippen LogP contribution < -0.4 is 5.30 Å². The van der Waals surface area contributed by atoms with Crippen LogP contribution in [-0.2, 0) is 4.57 Å². The molecule has 2 aromatic rings. The van der Waals surface area contributed by atoms with Gasteiger partial charge in [-0.25, -0.2) is 4.76 Å². The second-order valence-corrected chi connectivity index (χ2v) is 6.88. The van der Waals surface area contributed by atoms with Crippen molar-refractivity contribution < 1.29 is 4.57 Å². The first-order valence-corrected chi connectivity index (χ1v) is 7.94. The minimum Gasteiger partial charge on any atom is -0.294 e. The van der Waals surface area contributed by atoms with Crippen LogP contribution in [0.5, 0.6) is 0 Å². The van der Waals surface area contributed by atoms with Crippen LogP contribution in [-0.4, -0.2) is 12.9 Å². The van der Waals surface area contributed by atoms with E-state index in [4.69, 9.17) is 0 Å². The van der Waals surface area contributed by atoms with E-state index < -0.39 is 7.29 Å². The van der Waals surface area contributed by atoms with Crippen LogP contribution in [0.4, 0.5) is 0 Å². The third kappa shape index (κ3) is 3.18. The van der Waals surface area contributed by atoms with E-state index in [1.807, 2.05) is 61.5 Å². The molecule has 0 saturated heterocycles. The molecule has 0 amide bonds. The zero-order valence-corrected chi connectivity index (χ0v) is 11.5. The first kappa shape index (κ1) is 12.8. The Kier molecular flexibility index (Phi) is 3.78. The lowest BCUT2D eigenvalue weighted by Gasteiger charge is -2.07. The molecule has 2 rings (SSSR count). The van der Waals surface area contributed by atoms with Gasteiger partial charge in [-0.2, -0.15) is 0 Å². The van der Waals surface area contributed by atoms with Gasteiger partial charge >= 0.3 is 0 Å². The highest BCUT2D eigenvalue weighted by atomic mass is 31.2. The van der Waals surface area contributed by atoms with Crippen molar-refractivity contribution >= 4 is 18.8 Å². The van der Waals surface area contributed by atoms with Crippen molar-refractivity contribution in [1.29, 1.82) is 0 Å². The van der Waals surface area contributed by atoms with Gasteiger partial charge in [-0.3, -0.25) is 4.57 Å². The minimum absolute atomic E-state index is 0.786. The summed E-state index contributed by atoms with van der Waals surface area (Å²) in [7, 11) is -2.65. The van der Waals surface area contributed by atoms with Gasteiger partial charge in [0.15, 0.2) is 0 Å². The normalized spacial score (nSPS) is 14.6. The summed E-state index contributed by atoms with van der Waals surface area (Å²) >= 11 is 0. The molecule has 92 valence electrons. The van der Waals surface area contributed by atoms with Crippen LogP contribution in [0.25, 0.3) is 0 Å². The summed E-state index contributed by atoms with van der Waals surface area (Å²) < 4.78 is 16.7. The molecular formula is C15H16NOP. The molecule has 18 heavy (non-hydrogen) atoms. The number of nitrogens with zero attached hydrogens (tertiary/aromatic N) is 1. The van der Waals surface area contributed by atoms with Gasteiger partial charge in [-0.05, 0) is 24.6 Å². The summed E-state index contributed by atoms with van der Waals surface area (Å²) in [4.78, 5) is 0. The smallest absolute Gasteiger partial charge is 0.215 e. The first-order chi connectivity index (χ1) is 8.58. The Morgan fingerprint density at radius 2 is 1.61 bits per heavy atom. The minimum atomic E-state index is -2.65. The fraction of sp³-hybridized carbons (Fsp3) is 0.133. The van der Waals surface area contributed by atoms with E-state index in [1.54, 1.807) is 12.9 Å². The summed E-state index contributed by atoms with van der Waals surface area (Å²) in [5.41, 5.74) is 2.17. The Bertz CT molecular complexity index is 588. The topological polar surface area (TPSA) is 29.4 Å². The lowest BCUT2D eigenvalue weighted by molar-refractivity contribution is 0.586. The van der Waals surface area contributed by atoms with Crippen LogP contribution in [0.1, 0.15) is 11.1 Å². The van der Waals surface area contributed by atoms with Crippen LogP contribution in [0, 0.1) is 6.92 Å². The molecule has 3 heteroatoms. The molecule has 0 fully saturated rings. The van der Waals surface area contributed by atoms with Gasteiger partial charge in [0.1, 0.15) is 0 Å². The van der Waals surface area contributed by atoms with Gasteiger partial charge in [0.05, 0.1) is 0 Å². The molecule has 0 bridgehead atoms. The van der Waals surface area contributed by atoms with Crippen molar-refractivity contribution in [3.8, 4) is 0 Å². The predicted molar refractivity (Wildman–Crippen MR) is 78.4 cm³/mol. The second-order valence-electron chi connectivity index (χ2n) is 4.37. The highest BCUT2D eigenvalue weighted by Crippen LogP contribution is 2.41. The van der Waals surface area contributed by atoms with Crippen LogP contribution in [0.3, 0.4) is 0 Å². The predicted octanol–water partition coefficient (Wildman–Crippen LogP) is 3.65. The highest BCUT2D eigenvalue weighted by Gasteiger charge is 2.14. The molecule has 0 aliphatic carbocycles. The van der Waals surface area contributed by atoms with Crippen molar-refractivity contribution in [1.82, 2.24) is 0 Å². The summed E-state index contributed by atoms with van der Waals surface area (Å²) in [5, 5.41) is 0.786. The average Bonchev–Trinajstić information content (AvgIpc) is 2.39. The highest BCUT2D eigenvalue weighted by molar-refractivity contribution is 7.69. The fourth-order valence-corrected chi connectivity index (χ4v) is 2.81. The molecule has 0 heterocycles. The van der Waals surface area contributed by atoms with Gasteiger partial charge < -0.3 is 0 Å². The number of rotatable bonds is 3. The molecule has 0 saturated carbocycles. The molecule has 0 spiro atoms. The number of hydrogen-bond donors (Lipinski definition) is 0. The first-order valence-electron chi connectivity index (χ1n) is 5.83. The van der Waals surface area contributed by atoms with E-state index in [1.165, 1.54) is 5.56 Å². The molecule has 2 nitrogen and oxygen atoms in total. The lowest BCUT2D eigenvalue weighted by Crippen LogP contribution is -2.00. The van der Waals surface area contributed by atoms with Crippen LogP contribution in [0.2, 0.25) is 0 Å². The van der Waals surface area contributed by atoms with Crippen molar-refractivity contribution in [2.45, 2.75) is 6.92 Å².